The molecule has 0 atom stereocenters. The lowest BCUT2D eigenvalue weighted by Gasteiger charge is -2.11. The Balaban J connectivity index is 2.27. The van der Waals surface area contributed by atoms with Crippen LogP contribution in [0.25, 0.3) is 0 Å². The fourth-order valence-corrected chi connectivity index (χ4v) is 1.81. The molecule has 5 heteroatoms. The molecular formula is C15H11F3N2. The lowest BCUT2D eigenvalue weighted by atomic mass is 10.1. The molecule has 2 aromatic rings. The first-order chi connectivity index (χ1) is 9.40. The first-order valence-corrected chi connectivity index (χ1v) is 5.85. The summed E-state index contributed by atoms with van der Waals surface area (Å²) in [6, 6.07) is 12.0. The highest BCUT2D eigenvalue weighted by atomic mass is 19.4. The van der Waals surface area contributed by atoms with Gasteiger partial charge in [0.1, 0.15) is 0 Å². The zero-order valence-electron chi connectivity index (χ0n) is 10.6. The van der Waals surface area contributed by atoms with Crippen molar-refractivity contribution in [2.24, 2.45) is 0 Å². The molecule has 1 N–H and O–H groups in total. The summed E-state index contributed by atoms with van der Waals surface area (Å²) in [7, 11) is 0. The summed E-state index contributed by atoms with van der Waals surface area (Å²) in [5, 5.41) is 11.7. The second-order valence-corrected chi connectivity index (χ2v) is 4.35. The van der Waals surface area contributed by atoms with E-state index < -0.39 is 11.7 Å². The predicted octanol–water partition coefficient (Wildman–Crippen LogP) is 4.63. The highest BCUT2D eigenvalue weighted by molar-refractivity contribution is 5.62. The van der Waals surface area contributed by atoms with Crippen LogP contribution in [0.1, 0.15) is 16.7 Å². The third-order valence-electron chi connectivity index (χ3n) is 2.83. The van der Waals surface area contributed by atoms with Crippen molar-refractivity contribution in [2.75, 3.05) is 5.32 Å². The van der Waals surface area contributed by atoms with Gasteiger partial charge >= 0.3 is 6.18 Å². The number of anilines is 2. The number of alkyl halides is 3. The molecule has 20 heavy (non-hydrogen) atoms. The average molecular weight is 276 g/mol. The van der Waals surface area contributed by atoms with Crippen molar-refractivity contribution in [2.45, 2.75) is 13.1 Å². The molecule has 0 amide bonds. The summed E-state index contributed by atoms with van der Waals surface area (Å²) in [4.78, 5) is 0. The van der Waals surface area contributed by atoms with Gasteiger partial charge in [-0.2, -0.15) is 18.4 Å². The molecular weight excluding hydrogens is 265 g/mol. The van der Waals surface area contributed by atoms with Crippen LogP contribution >= 0.6 is 0 Å². The maximum absolute atomic E-state index is 12.6. The van der Waals surface area contributed by atoms with Gasteiger partial charge in [-0.05, 0) is 48.9 Å². The first kappa shape index (κ1) is 13.9. The van der Waals surface area contributed by atoms with E-state index in [1.165, 1.54) is 6.07 Å². The fraction of sp³-hybridized carbons (Fsp3) is 0.133. The average Bonchev–Trinajstić information content (AvgIpc) is 2.38. The Hall–Kier alpha value is -2.48. The van der Waals surface area contributed by atoms with Crippen LogP contribution in [0.2, 0.25) is 0 Å². The third kappa shape index (κ3) is 3.09. The number of aryl methyl sites for hydroxylation is 1. The van der Waals surface area contributed by atoms with Crippen LogP contribution in [0.15, 0.2) is 42.5 Å². The van der Waals surface area contributed by atoms with Crippen LogP contribution in [0, 0.1) is 18.3 Å². The van der Waals surface area contributed by atoms with E-state index in [1.54, 1.807) is 31.2 Å². The predicted molar refractivity (Wildman–Crippen MR) is 70.6 cm³/mol. The Kier molecular flexibility index (Phi) is 3.66. The number of benzene rings is 2. The van der Waals surface area contributed by atoms with Gasteiger partial charge in [0.25, 0.3) is 0 Å². The monoisotopic (exact) mass is 276 g/mol. The minimum Gasteiger partial charge on any atom is -0.356 e. The van der Waals surface area contributed by atoms with Gasteiger partial charge in [0.2, 0.25) is 0 Å². The topological polar surface area (TPSA) is 35.8 Å². The van der Waals surface area contributed by atoms with Gasteiger partial charge in [0.05, 0.1) is 17.2 Å². The van der Waals surface area contributed by atoms with Gasteiger partial charge in [-0.25, -0.2) is 0 Å². The Morgan fingerprint density at radius 3 is 2.35 bits per heavy atom. The zero-order chi connectivity index (χ0) is 14.8. The minimum atomic E-state index is -4.36. The Morgan fingerprint density at radius 1 is 1.05 bits per heavy atom. The van der Waals surface area contributed by atoms with Crippen LogP contribution < -0.4 is 5.32 Å². The molecule has 0 saturated heterocycles. The molecule has 0 heterocycles. The smallest absolute Gasteiger partial charge is 0.356 e. The van der Waals surface area contributed by atoms with Gasteiger partial charge < -0.3 is 5.32 Å². The van der Waals surface area contributed by atoms with Crippen molar-refractivity contribution in [3.8, 4) is 6.07 Å². The molecule has 0 aliphatic carbocycles. The first-order valence-electron chi connectivity index (χ1n) is 5.85. The van der Waals surface area contributed by atoms with Crippen LogP contribution in [0.5, 0.6) is 0 Å². The normalized spacial score (nSPS) is 10.9. The molecule has 0 spiro atoms. The van der Waals surface area contributed by atoms with Gasteiger partial charge in [0.15, 0.2) is 0 Å². The number of rotatable bonds is 2. The van der Waals surface area contributed by atoms with E-state index in [2.05, 4.69) is 5.32 Å². The largest absolute Gasteiger partial charge is 0.416 e. The summed E-state index contributed by atoms with van der Waals surface area (Å²) in [6.07, 6.45) is -4.36. The van der Waals surface area contributed by atoms with E-state index >= 15 is 0 Å². The van der Waals surface area contributed by atoms with Crippen molar-refractivity contribution < 1.29 is 13.2 Å². The second kappa shape index (κ2) is 5.25. The summed E-state index contributed by atoms with van der Waals surface area (Å²) in [6.45, 7) is 1.77. The SMILES string of the molecule is Cc1cc(Nc2cccc(C(F)(F)F)c2)ccc1C#N. The third-order valence-corrected chi connectivity index (χ3v) is 2.83. The molecule has 0 aliphatic rings. The highest BCUT2D eigenvalue weighted by Crippen LogP contribution is 2.31. The van der Waals surface area contributed by atoms with E-state index in [0.29, 0.717) is 16.9 Å². The van der Waals surface area contributed by atoms with E-state index in [0.717, 1.165) is 17.7 Å². The van der Waals surface area contributed by atoms with E-state index in [4.69, 9.17) is 5.26 Å². The van der Waals surface area contributed by atoms with E-state index in [9.17, 15) is 13.2 Å². The number of nitrogens with one attached hydrogen (secondary N) is 1. The summed E-state index contributed by atoms with van der Waals surface area (Å²) in [5.41, 5.74) is 1.60. The molecule has 2 aromatic carbocycles. The maximum Gasteiger partial charge on any atom is 0.416 e. The summed E-state index contributed by atoms with van der Waals surface area (Å²) >= 11 is 0. The van der Waals surface area contributed by atoms with Crippen molar-refractivity contribution in [3.63, 3.8) is 0 Å². The van der Waals surface area contributed by atoms with Crippen molar-refractivity contribution in [3.05, 3.63) is 59.2 Å². The van der Waals surface area contributed by atoms with Crippen molar-refractivity contribution >= 4 is 11.4 Å². The zero-order valence-corrected chi connectivity index (χ0v) is 10.6. The van der Waals surface area contributed by atoms with Gasteiger partial charge in [-0.3, -0.25) is 0 Å². The van der Waals surface area contributed by atoms with Crippen LogP contribution in [0.4, 0.5) is 24.5 Å². The summed E-state index contributed by atoms with van der Waals surface area (Å²) < 4.78 is 37.8. The minimum absolute atomic E-state index is 0.351. The van der Waals surface area contributed by atoms with Crippen molar-refractivity contribution in [1.29, 1.82) is 5.26 Å². The number of hydrogen-bond acceptors (Lipinski definition) is 2. The van der Waals surface area contributed by atoms with Crippen molar-refractivity contribution in [1.82, 2.24) is 0 Å². The molecule has 0 unspecified atom stereocenters. The lowest BCUT2D eigenvalue weighted by molar-refractivity contribution is -0.137. The molecule has 0 fully saturated rings. The van der Waals surface area contributed by atoms with Gasteiger partial charge in [-0.1, -0.05) is 6.07 Å². The molecule has 2 nitrogen and oxygen atoms in total. The molecule has 102 valence electrons. The Labute approximate surface area is 114 Å². The van der Waals surface area contributed by atoms with Crippen LogP contribution in [0.3, 0.4) is 0 Å². The number of nitrogens with zero attached hydrogens (tertiary/aromatic N) is 1. The molecule has 0 aliphatic heterocycles. The van der Waals surface area contributed by atoms with Crippen LogP contribution in [-0.4, -0.2) is 0 Å². The number of halogens is 3. The fourth-order valence-electron chi connectivity index (χ4n) is 1.81. The Bertz CT molecular complexity index is 670. The van der Waals surface area contributed by atoms with Gasteiger partial charge in [0, 0.05) is 11.4 Å². The molecule has 0 bridgehead atoms. The summed E-state index contributed by atoms with van der Waals surface area (Å²) in [5.74, 6) is 0. The Morgan fingerprint density at radius 2 is 1.75 bits per heavy atom. The molecule has 0 radical (unpaired) electrons. The van der Waals surface area contributed by atoms with E-state index in [1.807, 2.05) is 6.07 Å². The molecule has 0 aromatic heterocycles. The number of hydrogen-bond donors (Lipinski definition) is 1. The number of nitriles is 1. The second-order valence-electron chi connectivity index (χ2n) is 4.35. The van der Waals surface area contributed by atoms with E-state index in [-0.39, 0.29) is 0 Å². The maximum atomic E-state index is 12.6. The lowest BCUT2D eigenvalue weighted by Crippen LogP contribution is -2.05. The molecule has 2 rings (SSSR count). The van der Waals surface area contributed by atoms with Gasteiger partial charge in [-0.15, -0.1) is 0 Å². The quantitative estimate of drug-likeness (QED) is 0.868. The molecule has 0 saturated carbocycles. The highest BCUT2D eigenvalue weighted by Gasteiger charge is 2.30. The van der Waals surface area contributed by atoms with Crippen LogP contribution in [-0.2, 0) is 6.18 Å². The standard InChI is InChI=1S/C15H11F3N2/c1-10-7-14(6-5-11(10)9-19)20-13-4-2-3-12(8-13)15(16,17)18/h2-8,20H,1H3.